The van der Waals surface area contributed by atoms with Gasteiger partial charge in [0.2, 0.25) is 0 Å². The Kier molecular flexibility index (Phi) is 4.34. The van der Waals surface area contributed by atoms with Crippen molar-refractivity contribution in [3.63, 3.8) is 0 Å². The summed E-state index contributed by atoms with van der Waals surface area (Å²) in [5, 5.41) is 0.702. The number of nitrogens with two attached hydrogens (primary N) is 1. The minimum Gasteiger partial charge on any atom is -0.320 e. The van der Waals surface area contributed by atoms with E-state index >= 15 is 0 Å². The van der Waals surface area contributed by atoms with Gasteiger partial charge in [-0.3, -0.25) is 0 Å². The third kappa shape index (κ3) is 3.02. The Morgan fingerprint density at radius 3 is 2.26 bits per heavy atom. The molecule has 0 bridgehead atoms. The van der Waals surface area contributed by atoms with Gasteiger partial charge in [0.15, 0.2) is 0 Å². The van der Waals surface area contributed by atoms with Gasteiger partial charge >= 0.3 is 0 Å². The van der Waals surface area contributed by atoms with Crippen LogP contribution in [-0.2, 0) is 0 Å². The molecular formula is C16H17BrClN. The SMILES string of the molecule is Cc1cc(C)c(C(N)c2ccc(Cl)c(Br)c2)cc1C. The van der Waals surface area contributed by atoms with E-state index in [2.05, 4.69) is 48.8 Å². The highest BCUT2D eigenvalue weighted by atomic mass is 79.9. The zero-order valence-corrected chi connectivity index (χ0v) is 13.6. The van der Waals surface area contributed by atoms with E-state index < -0.39 is 0 Å². The van der Waals surface area contributed by atoms with Gasteiger partial charge in [-0.25, -0.2) is 0 Å². The number of rotatable bonds is 2. The van der Waals surface area contributed by atoms with Gasteiger partial charge in [0.05, 0.1) is 11.1 Å². The fraction of sp³-hybridized carbons (Fsp3) is 0.250. The average molecular weight is 339 g/mol. The fourth-order valence-electron chi connectivity index (χ4n) is 2.20. The summed E-state index contributed by atoms with van der Waals surface area (Å²) < 4.78 is 0.878. The first kappa shape index (κ1) is 14.6. The highest BCUT2D eigenvalue weighted by molar-refractivity contribution is 9.10. The topological polar surface area (TPSA) is 26.0 Å². The van der Waals surface area contributed by atoms with Crippen LogP contribution in [0.5, 0.6) is 0 Å². The van der Waals surface area contributed by atoms with Crippen molar-refractivity contribution in [2.45, 2.75) is 26.8 Å². The molecule has 0 fully saturated rings. The summed E-state index contributed by atoms with van der Waals surface area (Å²) >= 11 is 9.46. The van der Waals surface area contributed by atoms with Gasteiger partial charge < -0.3 is 5.73 Å². The van der Waals surface area contributed by atoms with Gasteiger partial charge in [-0.05, 0) is 76.7 Å². The van der Waals surface area contributed by atoms with Crippen LogP contribution in [0.4, 0.5) is 0 Å². The van der Waals surface area contributed by atoms with Crippen molar-refractivity contribution in [3.05, 3.63) is 67.6 Å². The molecule has 3 heteroatoms. The van der Waals surface area contributed by atoms with Crippen LogP contribution in [0.25, 0.3) is 0 Å². The summed E-state index contributed by atoms with van der Waals surface area (Å²) in [7, 11) is 0. The number of hydrogen-bond acceptors (Lipinski definition) is 1. The maximum atomic E-state index is 6.39. The molecule has 0 aliphatic carbocycles. The second-order valence-electron chi connectivity index (χ2n) is 4.94. The molecule has 100 valence electrons. The molecule has 2 aromatic carbocycles. The largest absolute Gasteiger partial charge is 0.320 e. The molecule has 0 amide bonds. The summed E-state index contributed by atoms with van der Waals surface area (Å²) in [6.07, 6.45) is 0. The Morgan fingerprint density at radius 2 is 1.63 bits per heavy atom. The highest BCUT2D eigenvalue weighted by Crippen LogP contribution is 2.30. The lowest BCUT2D eigenvalue weighted by molar-refractivity contribution is 0.857. The lowest BCUT2D eigenvalue weighted by Gasteiger charge is -2.18. The quantitative estimate of drug-likeness (QED) is 0.812. The Morgan fingerprint density at radius 1 is 1.00 bits per heavy atom. The molecule has 0 radical (unpaired) electrons. The van der Waals surface area contributed by atoms with Gasteiger partial charge in [0.1, 0.15) is 0 Å². The molecule has 1 unspecified atom stereocenters. The Bertz CT molecular complexity index is 622. The smallest absolute Gasteiger partial charge is 0.0554 e. The predicted molar refractivity (Wildman–Crippen MR) is 85.8 cm³/mol. The van der Waals surface area contributed by atoms with Crippen LogP contribution < -0.4 is 5.73 Å². The normalized spacial score (nSPS) is 12.5. The molecule has 2 rings (SSSR count). The molecule has 1 atom stereocenters. The molecule has 0 saturated heterocycles. The molecule has 2 aromatic rings. The van der Waals surface area contributed by atoms with Gasteiger partial charge in [0.25, 0.3) is 0 Å². The van der Waals surface area contributed by atoms with Crippen LogP contribution in [0.15, 0.2) is 34.8 Å². The minimum atomic E-state index is -0.132. The Labute approximate surface area is 127 Å². The first-order valence-electron chi connectivity index (χ1n) is 6.18. The second-order valence-corrected chi connectivity index (χ2v) is 6.21. The summed E-state index contributed by atoms with van der Waals surface area (Å²) in [5.74, 6) is 0. The number of halogens is 2. The summed E-state index contributed by atoms with van der Waals surface area (Å²) in [5.41, 5.74) is 12.4. The van der Waals surface area contributed by atoms with E-state index in [4.69, 9.17) is 17.3 Å². The lowest BCUT2D eigenvalue weighted by Crippen LogP contribution is -2.14. The average Bonchev–Trinajstić information content (AvgIpc) is 2.36. The molecule has 0 saturated carbocycles. The van der Waals surface area contributed by atoms with E-state index in [1.807, 2.05) is 18.2 Å². The molecule has 0 spiro atoms. The van der Waals surface area contributed by atoms with Crippen LogP contribution in [-0.4, -0.2) is 0 Å². The number of benzene rings is 2. The molecule has 0 heterocycles. The standard InChI is InChI=1S/C16H17BrClN/c1-9-6-11(3)13(7-10(9)2)16(19)12-4-5-15(18)14(17)8-12/h4-8,16H,19H2,1-3H3. The van der Waals surface area contributed by atoms with Crippen LogP contribution >= 0.6 is 27.5 Å². The molecule has 19 heavy (non-hydrogen) atoms. The van der Waals surface area contributed by atoms with Gasteiger partial charge in [-0.15, -0.1) is 0 Å². The third-order valence-corrected chi connectivity index (χ3v) is 4.73. The van der Waals surface area contributed by atoms with Crippen LogP contribution in [0.2, 0.25) is 5.02 Å². The molecule has 0 aliphatic heterocycles. The second kappa shape index (κ2) is 5.66. The maximum absolute atomic E-state index is 6.39. The van der Waals surface area contributed by atoms with Crippen molar-refractivity contribution in [3.8, 4) is 0 Å². The first-order chi connectivity index (χ1) is 8.90. The van der Waals surface area contributed by atoms with Crippen molar-refractivity contribution in [1.29, 1.82) is 0 Å². The van der Waals surface area contributed by atoms with Crippen molar-refractivity contribution >= 4 is 27.5 Å². The van der Waals surface area contributed by atoms with E-state index in [9.17, 15) is 0 Å². The third-order valence-electron chi connectivity index (χ3n) is 3.52. The molecule has 0 aromatic heterocycles. The molecular weight excluding hydrogens is 322 g/mol. The van der Waals surface area contributed by atoms with Gasteiger partial charge in [-0.2, -0.15) is 0 Å². The van der Waals surface area contributed by atoms with E-state index in [1.165, 1.54) is 16.7 Å². The van der Waals surface area contributed by atoms with E-state index in [-0.39, 0.29) is 6.04 Å². The van der Waals surface area contributed by atoms with Crippen molar-refractivity contribution in [1.82, 2.24) is 0 Å². The fourth-order valence-corrected chi connectivity index (χ4v) is 2.72. The van der Waals surface area contributed by atoms with E-state index in [0.717, 1.165) is 15.6 Å². The molecule has 2 N–H and O–H groups in total. The summed E-state index contributed by atoms with van der Waals surface area (Å²) in [6, 6.07) is 10.1. The van der Waals surface area contributed by atoms with Crippen molar-refractivity contribution < 1.29 is 0 Å². The van der Waals surface area contributed by atoms with Gasteiger partial charge in [-0.1, -0.05) is 29.8 Å². The molecule has 0 aliphatic rings. The number of hydrogen-bond donors (Lipinski definition) is 1. The predicted octanol–water partition coefficient (Wildman–Crippen LogP) is 5.08. The maximum Gasteiger partial charge on any atom is 0.0554 e. The summed E-state index contributed by atoms with van der Waals surface area (Å²) in [6.45, 7) is 6.34. The molecule has 1 nitrogen and oxygen atoms in total. The number of aryl methyl sites for hydroxylation is 3. The first-order valence-corrected chi connectivity index (χ1v) is 7.35. The monoisotopic (exact) mass is 337 g/mol. The van der Waals surface area contributed by atoms with Gasteiger partial charge in [0, 0.05) is 4.47 Å². The lowest BCUT2D eigenvalue weighted by atomic mass is 9.92. The van der Waals surface area contributed by atoms with Crippen LogP contribution in [0, 0.1) is 20.8 Å². The van der Waals surface area contributed by atoms with Crippen LogP contribution in [0.1, 0.15) is 33.9 Å². The van der Waals surface area contributed by atoms with Crippen molar-refractivity contribution in [2.24, 2.45) is 5.73 Å². The Hall–Kier alpha value is -0.830. The van der Waals surface area contributed by atoms with E-state index in [0.29, 0.717) is 5.02 Å². The highest BCUT2D eigenvalue weighted by Gasteiger charge is 2.13. The zero-order chi connectivity index (χ0) is 14.2. The Balaban J connectivity index is 2.46. The van der Waals surface area contributed by atoms with Crippen molar-refractivity contribution in [2.75, 3.05) is 0 Å². The zero-order valence-electron chi connectivity index (χ0n) is 11.3. The minimum absolute atomic E-state index is 0.132. The van der Waals surface area contributed by atoms with Crippen LogP contribution in [0.3, 0.4) is 0 Å². The summed E-state index contributed by atoms with van der Waals surface area (Å²) in [4.78, 5) is 0. The van der Waals surface area contributed by atoms with E-state index in [1.54, 1.807) is 0 Å².